The Labute approximate surface area is 122 Å². The molecular weight excluding hydrogens is 252 g/mol. The van der Waals surface area contributed by atoms with Crippen molar-refractivity contribution in [2.45, 2.75) is 44.7 Å². The Morgan fingerprint density at radius 1 is 1.35 bits per heavy atom. The fourth-order valence-corrected chi connectivity index (χ4v) is 3.49. The van der Waals surface area contributed by atoms with E-state index in [1.54, 1.807) is 0 Å². The van der Waals surface area contributed by atoms with Crippen LogP contribution in [-0.4, -0.2) is 67.6 Å². The molecule has 2 aliphatic heterocycles. The van der Waals surface area contributed by atoms with E-state index in [2.05, 4.69) is 29.1 Å². The van der Waals surface area contributed by atoms with Crippen LogP contribution in [0.25, 0.3) is 0 Å². The first-order chi connectivity index (χ1) is 9.61. The summed E-state index contributed by atoms with van der Waals surface area (Å²) >= 11 is 0. The lowest BCUT2D eigenvalue weighted by atomic mass is 9.91. The van der Waals surface area contributed by atoms with Crippen molar-refractivity contribution < 1.29 is 4.79 Å². The highest BCUT2D eigenvalue weighted by molar-refractivity contribution is 5.78. The summed E-state index contributed by atoms with van der Waals surface area (Å²) in [4.78, 5) is 17.1. The van der Waals surface area contributed by atoms with Crippen LogP contribution in [0.2, 0.25) is 0 Å². The summed E-state index contributed by atoms with van der Waals surface area (Å²) in [6.07, 6.45) is 4.63. The van der Waals surface area contributed by atoms with Gasteiger partial charge in [-0.3, -0.25) is 9.69 Å². The number of likely N-dealkylation sites (tertiary alicyclic amines) is 2. The van der Waals surface area contributed by atoms with Gasteiger partial charge in [-0.05, 0) is 52.7 Å². The summed E-state index contributed by atoms with van der Waals surface area (Å²) in [5, 5.41) is 2.94. The fourth-order valence-electron chi connectivity index (χ4n) is 3.49. The second-order valence-electron chi connectivity index (χ2n) is 6.42. The molecule has 1 amide bonds. The van der Waals surface area contributed by atoms with E-state index < -0.39 is 0 Å². The van der Waals surface area contributed by atoms with E-state index >= 15 is 0 Å². The molecule has 5 nitrogen and oxygen atoms in total. The fraction of sp³-hybridized carbons (Fsp3) is 0.933. The molecule has 0 aromatic carbocycles. The van der Waals surface area contributed by atoms with Gasteiger partial charge in [0.1, 0.15) is 0 Å². The van der Waals surface area contributed by atoms with E-state index in [1.165, 1.54) is 19.4 Å². The van der Waals surface area contributed by atoms with Crippen LogP contribution >= 0.6 is 0 Å². The molecule has 0 aromatic rings. The molecule has 0 spiro atoms. The monoisotopic (exact) mass is 282 g/mol. The lowest BCUT2D eigenvalue weighted by Gasteiger charge is -2.43. The van der Waals surface area contributed by atoms with Gasteiger partial charge in [0.15, 0.2) is 0 Å². The normalized spacial score (nSPS) is 33.0. The quantitative estimate of drug-likeness (QED) is 0.776. The highest BCUT2D eigenvalue weighted by Crippen LogP contribution is 2.25. The molecule has 0 bridgehead atoms. The van der Waals surface area contributed by atoms with Crippen LogP contribution in [-0.2, 0) is 4.79 Å². The Kier molecular flexibility index (Phi) is 5.81. The average Bonchev–Trinajstić information content (AvgIpc) is 2.47. The second kappa shape index (κ2) is 7.38. The van der Waals surface area contributed by atoms with Crippen molar-refractivity contribution in [3.8, 4) is 0 Å². The number of hydrogen-bond acceptors (Lipinski definition) is 4. The molecule has 5 heteroatoms. The van der Waals surface area contributed by atoms with Crippen LogP contribution in [0, 0.1) is 5.92 Å². The third-order valence-corrected chi connectivity index (χ3v) is 4.96. The molecule has 20 heavy (non-hydrogen) atoms. The third-order valence-electron chi connectivity index (χ3n) is 4.96. The Morgan fingerprint density at radius 2 is 2.15 bits per heavy atom. The molecule has 2 aliphatic rings. The molecular formula is C15H30N4O. The van der Waals surface area contributed by atoms with Gasteiger partial charge in [0, 0.05) is 31.7 Å². The number of nitrogens with zero attached hydrogens (tertiary/aromatic N) is 2. The van der Waals surface area contributed by atoms with Crippen LogP contribution in [0.3, 0.4) is 0 Å². The largest absolute Gasteiger partial charge is 0.355 e. The molecule has 2 fully saturated rings. The summed E-state index contributed by atoms with van der Waals surface area (Å²) < 4.78 is 0. The Hall–Kier alpha value is -0.650. The van der Waals surface area contributed by atoms with Crippen molar-refractivity contribution in [1.82, 2.24) is 15.1 Å². The predicted molar refractivity (Wildman–Crippen MR) is 81.5 cm³/mol. The average molecular weight is 282 g/mol. The van der Waals surface area contributed by atoms with Crippen molar-refractivity contribution >= 4 is 5.91 Å². The first-order valence-electron chi connectivity index (χ1n) is 8.04. The Morgan fingerprint density at radius 3 is 2.85 bits per heavy atom. The number of amides is 1. The smallest absolute Gasteiger partial charge is 0.224 e. The molecule has 0 radical (unpaired) electrons. The molecule has 3 atom stereocenters. The van der Waals surface area contributed by atoms with Gasteiger partial charge >= 0.3 is 0 Å². The minimum absolute atomic E-state index is 0.158. The zero-order valence-corrected chi connectivity index (χ0v) is 13.0. The summed E-state index contributed by atoms with van der Waals surface area (Å²) in [6, 6.07) is 1.31. The number of hydrogen-bond donors (Lipinski definition) is 2. The molecule has 2 rings (SSSR count). The number of nitrogens with two attached hydrogens (primary N) is 1. The van der Waals surface area contributed by atoms with Crippen molar-refractivity contribution in [3.05, 3.63) is 0 Å². The summed E-state index contributed by atoms with van der Waals surface area (Å²) in [5.41, 5.74) is 5.45. The zero-order valence-electron chi connectivity index (χ0n) is 13.0. The van der Waals surface area contributed by atoms with Gasteiger partial charge in [-0.1, -0.05) is 0 Å². The second-order valence-corrected chi connectivity index (χ2v) is 6.42. The van der Waals surface area contributed by atoms with Gasteiger partial charge in [0.05, 0.1) is 5.92 Å². The molecule has 3 N–H and O–H groups in total. The predicted octanol–water partition coefficient (Wildman–Crippen LogP) is 0.256. The van der Waals surface area contributed by atoms with Gasteiger partial charge in [0.2, 0.25) is 5.91 Å². The topological polar surface area (TPSA) is 61.6 Å². The van der Waals surface area contributed by atoms with Crippen LogP contribution in [0.15, 0.2) is 0 Å². The Bertz CT molecular complexity index is 323. The van der Waals surface area contributed by atoms with Gasteiger partial charge in [0.25, 0.3) is 0 Å². The zero-order chi connectivity index (χ0) is 14.5. The van der Waals surface area contributed by atoms with Crippen molar-refractivity contribution in [2.24, 2.45) is 11.7 Å². The summed E-state index contributed by atoms with van der Waals surface area (Å²) in [7, 11) is 2.21. The van der Waals surface area contributed by atoms with Gasteiger partial charge in [-0.2, -0.15) is 0 Å². The first kappa shape index (κ1) is 15.7. The number of piperidine rings is 2. The van der Waals surface area contributed by atoms with Gasteiger partial charge in [-0.25, -0.2) is 0 Å². The van der Waals surface area contributed by atoms with E-state index in [0.29, 0.717) is 25.2 Å². The maximum atomic E-state index is 12.1. The minimum atomic E-state index is 0.158. The number of nitrogens with one attached hydrogen (secondary N) is 1. The van der Waals surface area contributed by atoms with Crippen molar-refractivity contribution in [1.29, 1.82) is 0 Å². The van der Waals surface area contributed by atoms with E-state index in [9.17, 15) is 4.79 Å². The minimum Gasteiger partial charge on any atom is -0.355 e. The molecule has 0 aliphatic carbocycles. The Balaban J connectivity index is 1.85. The van der Waals surface area contributed by atoms with Crippen LogP contribution in [0.4, 0.5) is 0 Å². The van der Waals surface area contributed by atoms with Crippen LogP contribution < -0.4 is 11.1 Å². The molecule has 2 heterocycles. The van der Waals surface area contributed by atoms with Crippen molar-refractivity contribution in [2.75, 3.05) is 39.8 Å². The van der Waals surface area contributed by atoms with Gasteiger partial charge in [-0.15, -0.1) is 0 Å². The molecule has 0 aromatic heterocycles. The van der Waals surface area contributed by atoms with Crippen LogP contribution in [0.5, 0.6) is 0 Å². The molecule has 0 saturated carbocycles. The van der Waals surface area contributed by atoms with E-state index in [0.717, 1.165) is 25.9 Å². The van der Waals surface area contributed by atoms with E-state index in [1.807, 2.05) is 0 Å². The molecule has 3 unspecified atom stereocenters. The number of rotatable bonds is 4. The van der Waals surface area contributed by atoms with E-state index in [-0.39, 0.29) is 11.8 Å². The maximum Gasteiger partial charge on any atom is 0.224 e. The molecule has 2 saturated heterocycles. The molecule has 116 valence electrons. The maximum absolute atomic E-state index is 12.1. The summed E-state index contributed by atoms with van der Waals surface area (Å²) in [5.74, 6) is 0.353. The highest BCUT2D eigenvalue weighted by atomic mass is 16.1. The first-order valence-corrected chi connectivity index (χ1v) is 8.04. The highest BCUT2D eigenvalue weighted by Gasteiger charge is 2.32. The SMILES string of the molecule is CC1CC(N2CCCC(C(=O)NCCN)C2)CCN1C. The third kappa shape index (κ3) is 3.93. The van der Waals surface area contributed by atoms with Crippen molar-refractivity contribution in [3.63, 3.8) is 0 Å². The van der Waals surface area contributed by atoms with Crippen LogP contribution in [0.1, 0.15) is 32.6 Å². The van der Waals surface area contributed by atoms with Gasteiger partial charge < -0.3 is 16.0 Å². The standard InChI is InChI=1S/C15H30N4O/c1-12-10-14(5-9-18(12)2)19-8-3-4-13(11-19)15(20)17-7-6-16/h12-14H,3-11,16H2,1-2H3,(H,17,20). The lowest BCUT2D eigenvalue weighted by Crippen LogP contribution is -2.52. The van der Waals surface area contributed by atoms with E-state index in [4.69, 9.17) is 5.73 Å². The number of carbonyl (C=O) groups excluding carboxylic acids is 1. The lowest BCUT2D eigenvalue weighted by molar-refractivity contribution is -0.127. The number of carbonyl (C=O) groups is 1. The summed E-state index contributed by atoms with van der Waals surface area (Å²) in [6.45, 7) is 6.68.